The smallest absolute Gasteiger partial charge is 0.416 e. The van der Waals surface area contributed by atoms with Crippen molar-refractivity contribution in [1.82, 2.24) is 4.90 Å². The van der Waals surface area contributed by atoms with Gasteiger partial charge in [-0.1, -0.05) is 12.1 Å². The van der Waals surface area contributed by atoms with Crippen LogP contribution in [0.2, 0.25) is 0 Å². The van der Waals surface area contributed by atoms with E-state index in [1.54, 1.807) is 16.2 Å². The highest BCUT2D eigenvalue weighted by molar-refractivity contribution is 7.10. The molecule has 24 heavy (non-hydrogen) atoms. The van der Waals surface area contributed by atoms with Crippen LogP contribution in [0.4, 0.5) is 13.2 Å². The maximum absolute atomic E-state index is 12.7. The lowest BCUT2D eigenvalue weighted by atomic mass is 10.2. The van der Waals surface area contributed by atoms with E-state index in [0.717, 1.165) is 29.9 Å². The van der Waals surface area contributed by atoms with Crippen molar-refractivity contribution in [3.8, 4) is 5.75 Å². The van der Waals surface area contributed by atoms with Gasteiger partial charge in [0.25, 0.3) is 5.91 Å². The van der Waals surface area contributed by atoms with Crippen LogP contribution in [0.5, 0.6) is 5.75 Å². The average Bonchev–Trinajstić information content (AvgIpc) is 3.22. The summed E-state index contributed by atoms with van der Waals surface area (Å²) >= 11 is 1.60. The van der Waals surface area contributed by atoms with Gasteiger partial charge >= 0.3 is 6.18 Å². The molecule has 1 aromatic carbocycles. The van der Waals surface area contributed by atoms with Crippen molar-refractivity contribution in [1.29, 1.82) is 0 Å². The summed E-state index contributed by atoms with van der Waals surface area (Å²) in [6.45, 7) is 0.385. The SMILES string of the molecule is O=C(COc1cccc(C(F)(F)F)c1)N1CCCC1c1cccs1. The van der Waals surface area contributed by atoms with Gasteiger partial charge in [-0.15, -0.1) is 11.3 Å². The van der Waals surface area contributed by atoms with E-state index in [-0.39, 0.29) is 24.3 Å². The van der Waals surface area contributed by atoms with Crippen LogP contribution in [0.15, 0.2) is 41.8 Å². The predicted octanol–water partition coefficient (Wildman–Crippen LogP) is 4.51. The number of alkyl halides is 3. The zero-order valence-corrected chi connectivity index (χ0v) is 13.6. The van der Waals surface area contributed by atoms with E-state index in [4.69, 9.17) is 4.74 Å². The van der Waals surface area contributed by atoms with E-state index >= 15 is 0 Å². The Morgan fingerprint density at radius 3 is 2.83 bits per heavy atom. The van der Waals surface area contributed by atoms with Gasteiger partial charge in [0.1, 0.15) is 5.75 Å². The lowest BCUT2D eigenvalue weighted by molar-refractivity contribution is -0.137. The number of halogens is 3. The first-order valence-electron chi connectivity index (χ1n) is 7.58. The van der Waals surface area contributed by atoms with Crippen LogP contribution >= 0.6 is 11.3 Å². The molecule has 1 aliphatic heterocycles. The predicted molar refractivity (Wildman–Crippen MR) is 84.9 cm³/mol. The van der Waals surface area contributed by atoms with Crippen LogP contribution < -0.4 is 4.74 Å². The van der Waals surface area contributed by atoms with Gasteiger partial charge in [-0.25, -0.2) is 0 Å². The van der Waals surface area contributed by atoms with Gasteiger partial charge in [-0.05, 0) is 42.5 Å². The number of carbonyl (C=O) groups excluding carboxylic acids is 1. The summed E-state index contributed by atoms with van der Waals surface area (Å²) in [6.07, 6.45) is -2.61. The minimum Gasteiger partial charge on any atom is -0.484 e. The molecule has 0 radical (unpaired) electrons. The number of hydrogen-bond donors (Lipinski definition) is 0. The quantitative estimate of drug-likeness (QED) is 0.808. The van der Waals surface area contributed by atoms with Gasteiger partial charge < -0.3 is 9.64 Å². The van der Waals surface area contributed by atoms with Crippen molar-refractivity contribution in [3.05, 3.63) is 52.2 Å². The summed E-state index contributed by atoms with van der Waals surface area (Å²) in [7, 11) is 0. The Labute approximate surface area is 141 Å². The molecule has 0 bridgehead atoms. The summed E-state index contributed by atoms with van der Waals surface area (Å²) < 4.78 is 43.4. The first-order chi connectivity index (χ1) is 11.4. The molecule has 0 spiro atoms. The Morgan fingerprint density at radius 1 is 1.29 bits per heavy atom. The molecule has 1 saturated heterocycles. The molecular formula is C17H16F3NO2S. The zero-order valence-electron chi connectivity index (χ0n) is 12.8. The van der Waals surface area contributed by atoms with Crippen molar-refractivity contribution >= 4 is 17.2 Å². The maximum atomic E-state index is 12.7. The zero-order chi connectivity index (χ0) is 17.2. The Kier molecular flexibility index (Phi) is 4.80. The third-order valence-corrected chi connectivity index (χ3v) is 4.94. The second-order valence-corrected chi connectivity index (χ2v) is 6.55. The van der Waals surface area contributed by atoms with Gasteiger partial charge in [0, 0.05) is 11.4 Å². The van der Waals surface area contributed by atoms with Gasteiger partial charge in [0.05, 0.1) is 11.6 Å². The Bertz CT molecular complexity index is 700. The Morgan fingerprint density at radius 2 is 2.12 bits per heavy atom. The standard InChI is InChI=1S/C17H16F3NO2S/c18-17(19,20)12-4-1-5-13(10-12)23-11-16(22)21-8-2-6-14(21)15-7-3-9-24-15/h1,3-5,7,9-10,14H,2,6,8,11H2. The first kappa shape index (κ1) is 16.8. The van der Waals surface area contributed by atoms with Crippen LogP contribution in [0, 0.1) is 0 Å². The first-order valence-corrected chi connectivity index (χ1v) is 8.46. The van der Waals surface area contributed by atoms with Crippen molar-refractivity contribution in [2.24, 2.45) is 0 Å². The van der Waals surface area contributed by atoms with E-state index in [1.165, 1.54) is 12.1 Å². The van der Waals surface area contributed by atoms with Crippen LogP contribution in [0.3, 0.4) is 0 Å². The van der Waals surface area contributed by atoms with E-state index in [9.17, 15) is 18.0 Å². The molecule has 1 atom stereocenters. The van der Waals surface area contributed by atoms with E-state index in [0.29, 0.717) is 6.54 Å². The number of hydrogen-bond acceptors (Lipinski definition) is 3. The molecule has 1 amide bonds. The number of amides is 1. The minimum absolute atomic E-state index is 0.0441. The second-order valence-electron chi connectivity index (χ2n) is 5.57. The largest absolute Gasteiger partial charge is 0.484 e. The number of ether oxygens (including phenoxy) is 1. The summed E-state index contributed by atoms with van der Waals surface area (Å²) in [5, 5.41) is 1.97. The fourth-order valence-electron chi connectivity index (χ4n) is 2.83. The van der Waals surface area contributed by atoms with Gasteiger partial charge in [0.15, 0.2) is 6.61 Å². The van der Waals surface area contributed by atoms with Crippen molar-refractivity contribution < 1.29 is 22.7 Å². The highest BCUT2D eigenvalue weighted by Crippen LogP contribution is 2.35. The van der Waals surface area contributed by atoms with Crippen molar-refractivity contribution in [3.63, 3.8) is 0 Å². The Balaban J connectivity index is 1.63. The molecule has 2 aromatic rings. The number of carbonyl (C=O) groups is 1. The molecule has 1 fully saturated rings. The molecule has 1 unspecified atom stereocenters. The molecule has 3 rings (SSSR count). The van der Waals surface area contributed by atoms with Crippen molar-refractivity contribution in [2.75, 3.05) is 13.2 Å². The fraction of sp³-hybridized carbons (Fsp3) is 0.353. The lowest BCUT2D eigenvalue weighted by Gasteiger charge is -2.24. The molecule has 128 valence electrons. The van der Waals surface area contributed by atoms with E-state index < -0.39 is 11.7 Å². The number of likely N-dealkylation sites (tertiary alicyclic amines) is 1. The second kappa shape index (κ2) is 6.84. The van der Waals surface area contributed by atoms with Crippen LogP contribution in [-0.2, 0) is 11.0 Å². The third kappa shape index (κ3) is 3.72. The van der Waals surface area contributed by atoms with E-state index in [2.05, 4.69) is 0 Å². The summed E-state index contributed by atoms with van der Waals surface area (Å²) in [6, 6.07) is 8.56. The minimum atomic E-state index is -4.43. The number of rotatable bonds is 4. The molecule has 0 aliphatic carbocycles. The lowest BCUT2D eigenvalue weighted by Crippen LogP contribution is -2.34. The average molecular weight is 355 g/mol. The van der Waals surface area contributed by atoms with Gasteiger partial charge in [0.2, 0.25) is 0 Å². The monoisotopic (exact) mass is 355 g/mol. The van der Waals surface area contributed by atoms with Gasteiger partial charge in [-0.2, -0.15) is 13.2 Å². The van der Waals surface area contributed by atoms with Gasteiger partial charge in [-0.3, -0.25) is 4.79 Å². The molecule has 0 saturated carbocycles. The number of nitrogens with zero attached hydrogens (tertiary/aromatic N) is 1. The van der Waals surface area contributed by atoms with E-state index in [1.807, 2.05) is 17.5 Å². The highest BCUT2D eigenvalue weighted by Gasteiger charge is 2.32. The van der Waals surface area contributed by atoms with Crippen molar-refractivity contribution in [2.45, 2.75) is 25.1 Å². The molecule has 7 heteroatoms. The fourth-order valence-corrected chi connectivity index (χ4v) is 3.71. The highest BCUT2D eigenvalue weighted by atomic mass is 32.1. The molecule has 1 aliphatic rings. The normalized spacial score (nSPS) is 18.0. The summed E-state index contributed by atoms with van der Waals surface area (Å²) in [4.78, 5) is 15.3. The summed E-state index contributed by atoms with van der Waals surface area (Å²) in [5.41, 5.74) is -0.787. The molecule has 0 N–H and O–H groups in total. The number of benzene rings is 1. The molecule has 2 heterocycles. The summed E-state index contributed by atoms with van der Waals surface area (Å²) in [5.74, 6) is -0.159. The molecular weight excluding hydrogens is 339 g/mol. The molecule has 3 nitrogen and oxygen atoms in total. The maximum Gasteiger partial charge on any atom is 0.416 e. The van der Waals surface area contributed by atoms with Crippen LogP contribution in [0.1, 0.15) is 29.3 Å². The third-order valence-electron chi connectivity index (χ3n) is 3.97. The Hall–Kier alpha value is -2.02. The molecule has 1 aromatic heterocycles. The topological polar surface area (TPSA) is 29.5 Å². The van der Waals surface area contributed by atoms with Crippen LogP contribution in [-0.4, -0.2) is 24.0 Å². The number of thiophene rings is 1. The van der Waals surface area contributed by atoms with Crippen LogP contribution in [0.25, 0.3) is 0 Å².